The first kappa shape index (κ1) is 15.8. The Morgan fingerprint density at radius 2 is 2.10 bits per heavy atom. The van der Waals surface area contributed by atoms with Crippen molar-refractivity contribution in [2.45, 2.75) is 51.2 Å². The van der Waals surface area contributed by atoms with E-state index in [0.717, 1.165) is 22.6 Å². The van der Waals surface area contributed by atoms with Crippen LogP contribution in [0.1, 0.15) is 50.7 Å². The minimum Gasteiger partial charge on any atom is -0.496 e. The number of rotatable bonds is 6. The van der Waals surface area contributed by atoms with Crippen molar-refractivity contribution in [3.63, 3.8) is 0 Å². The van der Waals surface area contributed by atoms with Crippen LogP contribution in [0.15, 0.2) is 24.3 Å². The molecule has 3 unspecified atom stereocenters. The first-order valence-corrected chi connectivity index (χ1v) is 8.75. The molecule has 0 amide bonds. The molecule has 0 saturated heterocycles. The van der Waals surface area contributed by atoms with E-state index in [2.05, 4.69) is 28.9 Å². The summed E-state index contributed by atoms with van der Waals surface area (Å²) in [5, 5.41) is 0.806. The average molecular weight is 341 g/mol. The second-order valence-electron chi connectivity index (χ2n) is 5.58. The molecule has 0 aliphatic heterocycles. The van der Waals surface area contributed by atoms with Crippen LogP contribution in [0.25, 0.3) is 0 Å². The molecule has 3 atom stereocenters. The number of benzene rings is 1. The second-order valence-corrected chi connectivity index (χ2v) is 6.23. The van der Waals surface area contributed by atoms with Crippen LogP contribution in [0.2, 0.25) is 0 Å². The van der Waals surface area contributed by atoms with Crippen LogP contribution in [-0.2, 0) is 4.74 Å². The van der Waals surface area contributed by atoms with Gasteiger partial charge in [-0.05, 0) is 24.8 Å². The Hall–Kier alpha value is -0.540. The average Bonchev–Trinajstić information content (AvgIpc) is 2.52. The van der Waals surface area contributed by atoms with Gasteiger partial charge in [0, 0.05) is 10.9 Å². The van der Waals surface area contributed by atoms with Crippen LogP contribution in [0.4, 0.5) is 0 Å². The summed E-state index contributed by atoms with van der Waals surface area (Å²) in [7, 11) is 1.72. The fourth-order valence-electron chi connectivity index (χ4n) is 3.09. The van der Waals surface area contributed by atoms with Gasteiger partial charge in [-0.25, -0.2) is 0 Å². The Labute approximate surface area is 131 Å². The largest absolute Gasteiger partial charge is 0.496 e. The molecule has 0 aromatic heterocycles. The molecule has 112 valence electrons. The lowest BCUT2D eigenvalue weighted by Crippen LogP contribution is -2.25. The van der Waals surface area contributed by atoms with Crippen molar-refractivity contribution in [3.05, 3.63) is 29.8 Å². The molecule has 0 heterocycles. The molecule has 0 spiro atoms. The number of halogens is 1. The van der Waals surface area contributed by atoms with Gasteiger partial charge in [0.2, 0.25) is 0 Å². The molecule has 2 nitrogen and oxygen atoms in total. The van der Waals surface area contributed by atoms with E-state index in [4.69, 9.17) is 9.47 Å². The minimum atomic E-state index is 0.0757. The van der Waals surface area contributed by atoms with Gasteiger partial charge in [-0.2, -0.15) is 0 Å². The highest BCUT2D eigenvalue weighted by Crippen LogP contribution is 2.35. The standard InChI is InChI=1S/C17H25BrO2/c1-3-13-7-6-8-14(11-13)20-17(12-18)15-9-4-5-10-16(15)19-2/h4-5,9-10,13-14,17H,3,6-8,11-12H2,1-2H3. The van der Waals surface area contributed by atoms with Gasteiger partial charge < -0.3 is 9.47 Å². The minimum absolute atomic E-state index is 0.0757. The molecular formula is C17H25BrO2. The lowest BCUT2D eigenvalue weighted by molar-refractivity contribution is -0.0320. The number of hydrogen-bond acceptors (Lipinski definition) is 2. The number of para-hydroxylation sites is 1. The van der Waals surface area contributed by atoms with Crippen LogP contribution < -0.4 is 4.74 Å². The van der Waals surface area contributed by atoms with Crippen LogP contribution in [0.3, 0.4) is 0 Å². The zero-order valence-electron chi connectivity index (χ0n) is 12.5. The van der Waals surface area contributed by atoms with E-state index in [1.165, 1.54) is 32.1 Å². The zero-order chi connectivity index (χ0) is 14.4. The third-order valence-corrected chi connectivity index (χ3v) is 4.88. The Bertz CT molecular complexity index is 408. The summed E-state index contributed by atoms with van der Waals surface area (Å²) < 4.78 is 11.8. The summed E-state index contributed by atoms with van der Waals surface area (Å²) in [4.78, 5) is 0. The van der Waals surface area contributed by atoms with Crippen molar-refractivity contribution in [3.8, 4) is 5.75 Å². The fourth-order valence-corrected chi connectivity index (χ4v) is 3.59. The van der Waals surface area contributed by atoms with Gasteiger partial charge in [0.05, 0.1) is 19.3 Å². The molecule has 0 N–H and O–H groups in total. The number of methoxy groups -OCH3 is 1. The summed E-state index contributed by atoms with van der Waals surface area (Å²) in [5.41, 5.74) is 1.14. The maximum absolute atomic E-state index is 6.37. The van der Waals surface area contributed by atoms with Crippen LogP contribution in [0, 0.1) is 5.92 Å². The van der Waals surface area contributed by atoms with E-state index in [9.17, 15) is 0 Å². The molecule has 2 rings (SSSR count). The lowest BCUT2D eigenvalue weighted by atomic mass is 9.85. The van der Waals surface area contributed by atoms with E-state index in [-0.39, 0.29) is 6.10 Å². The van der Waals surface area contributed by atoms with Crippen molar-refractivity contribution in [1.29, 1.82) is 0 Å². The third-order valence-electron chi connectivity index (χ3n) is 4.29. The van der Waals surface area contributed by atoms with E-state index in [0.29, 0.717) is 6.10 Å². The van der Waals surface area contributed by atoms with Gasteiger partial charge in [0.1, 0.15) is 5.75 Å². The first-order chi connectivity index (χ1) is 9.78. The topological polar surface area (TPSA) is 18.5 Å². The predicted octanol–water partition coefficient (Wildman–Crippen LogP) is 5.12. The van der Waals surface area contributed by atoms with Crippen LogP contribution in [0.5, 0.6) is 5.75 Å². The molecule has 0 radical (unpaired) electrons. The fraction of sp³-hybridized carbons (Fsp3) is 0.647. The summed E-state index contributed by atoms with van der Waals surface area (Å²) in [6.45, 7) is 2.29. The molecule has 1 fully saturated rings. The van der Waals surface area contributed by atoms with Gasteiger partial charge >= 0.3 is 0 Å². The number of ether oxygens (including phenoxy) is 2. The van der Waals surface area contributed by atoms with Crippen molar-refractivity contribution >= 4 is 15.9 Å². The van der Waals surface area contributed by atoms with Gasteiger partial charge in [-0.3, -0.25) is 0 Å². The normalized spacial score (nSPS) is 24.4. The number of hydrogen-bond donors (Lipinski definition) is 0. The molecule has 20 heavy (non-hydrogen) atoms. The Balaban J connectivity index is 2.05. The Morgan fingerprint density at radius 1 is 1.30 bits per heavy atom. The summed E-state index contributed by atoms with van der Waals surface area (Å²) in [6, 6.07) is 8.16. The molecule has 1 aromatic rings. The summed E-state index contributed by atoms with van der Waals surface area (Å²) >= 11 is 3.59. The smallest absolute Gasteiger partial charge is 0.124 e. The van der Waals surface area contributed by atoms with E-state index in [1.807, 2.05) is 18.2 Å². The van der Waals surface area contributed by atoms with Crippen LogP contribution >= 0.6 is 15.9 Å². The highest BCUT2D eigenvalue weighted by Gasteiger charge is 2.25. The van der Waals surface area contributed by atoms with Gasteiger partial charge in [-0.1, -0.05) is 60.3 Å². The van der Waals surface area contributed by atoms with E-state index < -0.39 is 0 Å². The van der Waals surface area contributed by atoms with Crippen molar-refractivity contribution < 1.29 is 9.47 Å². The van der Waals surface area contributed by atoms with Crippen LogP contribution in [-0.4, -0.2) is 18.5 Å². The monoisotopic (exact) mass is 340 g/mol. The third kappa shape index (κ3) is 3.98. The maximum Gasteiger partial charge on any atom is 0.124 e. The quantitative estimate of drug-likeness (QED) is 0.669. The molecule has 1 aromatic carbocycles. The van der Waals surface area contributed by atoms with Crippen molar-refractivity contribution in [1.82, 2.24) is 0 Å². The Kier molecular flexibility index (Phi) is 6.37. The highest BCUT2D eigenvalue weighted by atomic mass is 79.9. The SMILES string of the molecule is CCC1CCCC(OC(CBr)c2ccccc2OC)C1. The highest BCUT2D eigenvalue weighted by molar-refractivity contribution is 9.09. The first-order valence-electron chi connectivity index (χ1n) is 7.62. The maximum atomic E-state index is 6.37. The molecule has 3 heteroatoms. The van der Waals surface area contributed by atoms with Gasteiger partial charge in [-0.15, -0.1) is 0 Å². The summed E-state index contributed by atoms with van der Waals surface area (Å²) in [6.07, 6.45) is 6.79. The van der Waals surface area contributed by atoms with E-state index >= 15 is 0 Å². The predicted molar refractivity (Wildman–Crippen MR) is 86.7 cm³/mol. The molecule has 0 bridgehead atoms. The van der Waals surface area contributed by atoms with Gasteiger partial charge in [0.25, 0.3) is 0 Å². The zero-order valence-corrected chi connectivity index (χ0v) is 14.1. The van der Waals surface area contributed by atoms with Gasteiger partial charge in [0.15, 0.2) is 0 Å². The Morgan fingerprint density at radius 3 is 2.80 bits per heavy atom. The molecular weight excluding hydrogens is 316 g/mol. The molecule has 1 aliphatic carbocycles. The second kappa shape index (κ2) is 8.04. The molecule has 1 saturated carbocycles. The number of alkyl halides is 1. The lowest BCUT2D eigenvalue weighted by Gasteiger charge is -2.31. The molecule has 1 aliphatic rings. The summed E-state index contributed by atoms with van der Waals surface area (Å²) in [5.74, 6) is 1.75. The van der Waals surface area contributed by atoms with Crippen molar-refractivity contribution in [2.24, 2.45) is 5.92 Å². The van der Waals surface area contributed by atoms with Crippen molar-refractivity contribution in [2.75, 3.05) is 12.4 Å². The van der Waals surface area contributed by atoms with E-state index in [1.54, 1.807) is 7.11 Å².